The van der Waals surface area contributed by atoms with E-state index in [0.29, 0.717) is 6.42 Å². The summed E-state index contributed by atoms with van der Waals surface area (Å²) in [5, 5.41) is 15.6. The molecule has 24 heavy (non-hydrogen) atoms. The molecule has 1 heterocycles. The molecule has 1 aromatic heterocycles. The number of hydrogen-bond donors (Lipinski definition) is 4. The second kappa shape index (κ2) is 7.02. The van der Waals surface area contributed by atoms with Gasteiger partial charge < -0.3 is 9.79 Å². The summed E-state index contributed by atoms with van der Waals surface area (Å²) in [6, 6.07) is 17.0. The highest BCUT2D eigenvalue weighted by Crippen LogP contribution is 2.34. The number of aromatic nitrogens is 4. The number of benzene rings is 2. The Morgan fingerprint density at radius 1 is 1.04 bits per heavy atom. The van der Waals surface area contributed by atoms with Crippen LogP contribution in [0.25, 0.3) is 11.1 Å². The maximum Gasteiger partial charge on any atom is 0.400 e. The molecule has 3 aromatic rings. The lowest BCUT2D eigenvalue weighted by molar-refractivity contribution is 0.345. The second-order valence-corrected chi connectivity index (χ2v) is 6.61. The molecule has 0 aliphatic heterocycles. The summed E-state index contributed by atoms with van der Waals surface area (Å²) in [6.07, 6.45) is 0.319. The van der Waals surface area contributed by atoms with Crippen molar-refractivity contribution in [3.05, 3.63) is 66.0 Å². The lowest BCUT2D eigenvalue weighted by atomic mass is 10.0. The molecule has 0 aliphatic carbocycles. The molecule has 3 rings (SSSR count). The van der Waals surface area contributed by atoms with Crippen LogP contribution in [0.15, 0.2) is 54.6 Å². The maximum atomic E-state index is 11.3. The standard InChI is InChI=1S/C15H16N5O3P/c21-24(22,23)18-14(15-16-19-20-17-15)10-11-6-8-13(9-7-11)12-4-2-1-3-5-12/h1-9,14H,10H2,(H,16,17,19,20)(H3,18,21,22,23)/t14-/m1/s1. The third-order valence-corrected chi connectivity index (χ3v) is 4.15. The van der Waals surface area contributed by atoms with Crippen LogP contribution in [0.3, 0.4) is 0 Å². The van der Waals surface area contributed by atoms with E-state index >= 15 is 0 Å². The Morgan fingerprint density at radius 3 is 2.29 bits per heavy atom. The van der Waals surface area contributed by atoms with Crippen LogP contribution in [0.1, 0.15) is 17.4 Å². The molecule has 0 radical (unpaired) electrons. The van der Waals surface area contributed by atoms with Gasteiger partial charge in [-0.15, -0.1) is 10.2 Å². The first-order chi connectivity index (χ1) is 11.5. The zero-order chi connectivity index (χ0) is 17.0. The van der Waals surface area contributed by atoms with Crippen molar-refractivity contribution >= 4 is 7.75 Å². The van der Waals surface area contributed by atoms with Gasteiger partial charge in [0.25, 0.3) is 0 Å². The molecule has 0 saturated carbocycles. The molecular formula is C15H16N5O3P. The molecule has 0 bridgehead atoms. The Labute approximate surface area is 138 Å². The van der Waals surface area contributed by atoms with Crippen molar-refractivity contribution in [2.24, 2.45) is 0 Å². The predicted octanol–water partition coefficient (Wildman–Crippen LogP) is 1.83. The Morgan fingerprint density at radius 2 is 1.71 bits per heavy atom. The minimum atomic E-state index is -4.43. The predicted molar refractivity (Wildman–Crippen MR) is 87.7 cm³/mol. The first kappa shape index (κ1) is 16.5. The second-order valence-electron chi connectivity index (χ2n) is 5.26. The van der Waals surface area contributed by atoms with Gasteiger partial charge in [0.05, 0.1) is 6.04 Å². The Balaban J connectivity index is 1.79. The highest BCUT2D eigenvalue weighted by Gasteiger charge is 2.25. The number of nitrogens with zero attached hydrogens (tertiary/aromatic N) is 3. The number of aromatic amines is 1. The largest absolute Gasteiger partial charge is 0.400 e. The topological polar surface area (TPSA) is 124 Å². The van der Waals surface area contributed by atoms with E-state index in [-0.39, 0.29) is 5.82 Å². The molecule has 0 saturated heterocycles. The third kappa shape index (κ3) is 4.33. The quantitative estimate of drug-likeness (QED) is 0.502. The SMILES string of the molecule is O=P(O)(O)N[C@H](Cc1ccc(-c2ccccc2)cc1)c1nn[nH]n1. The third-order valence-electron chi connectivity index (χ3n) is 3.50. The molecule has 0 unspecified atom stereocenters. The molecule has 0 aliphatic rings. The minimum absolute atomic E-state index is 0.200. The molecule has 0 spiro atoms. The van der Waals surface area contributed by atoms with Crippen molar-refractivity contribution in [1.29, 1.82) is 0 Å². The summed E-state index contributed by atoms with van der Waals surface area (Å²) in [5.74, 6) is 0.200. The van der Waals surface area contributed by atoms with Gasteiger partial charge >= 0.3 is 7.75 Å². The lowest BCUT2D eigenvalue weighted by Crippen LogP contribution is -2.22. The van der Waals surface area contributed by atoms with Crippen LogP contribution in [0, 0.1) is 0 Å². The number of nitrogens with one attached hydrogen (secondary N) is 2. The average molecular weight is 345 g/mol. The van der Waals surface area contributed by atoms with Gasteiger partial charge in [-0.1, -0.05) is 59.8 Å². The summed E-state index contributed by atoms with van der Waals surface area (Å²) in [6.45, 7) is 0. The molecule has 9 heteroatoms. The van der Waals surface area contributed by atoms with Crippen LogP contribution >= 0.6 is 7.75 Å². The Bertz CT molecular complexity index is 818. The zero-order valence-electron chi connectivity index (χ0n) is 12.6. The Hall–Kier alpha value is -2.38. The van der Waals surface area contributed by atoms with Crippen molar-refractivity contribution in [2.45, 2.75) is 12.5 Å². The molecule has 8 nitrogen and oxygen atoms in total. The highest BCUT2D eigenvalue weighted by atomic mass is 31.2. The van der Waals surface area contributed by atoms with E-state index in [2.05, 4.69) is 25.7 Å². The Kier molecular flexibility index (Phi) is 4.82. The van der Waals surface area contributed by atoms with Gasteiger partial charge in [0, 0.05) is 0 Å². The summed E-state index contributed by atoms with van der Waals surface area (Å²) in [4.78, 5) is 18.3. The average Bonchev–Trinajstić information content (AvgIpc) is 3.09. The molecule has 2 aromatic carbocycles. The fraction of sp³-hybridized carbons (Fsp3) is 0.133. The minimum Gasteiger partial charge on any atom is -0.313 e. The van der Waals surface area contributed by atoms with Crippen LogP contribution in [0.4, 0.5) is 0 Å². The molecule has 1 atom stereocenters. The van der Waals surface area contributed by atoms with Gasteiger partial charge in [-0.25, -0.2) is 9.65 Å². The van der Waals surface area contributed by atoms with Crippen molar-refractivity contribution in [1.82, 2.24) is 25.7 Å². The first-order valence-corrected chi connectivity index (χ1v) is 8.83. The van der Waals surface area contributed by atoms with E-state index in [1.807, 2.05) is 54.6 Å². The van der Waals surface area contributed by atoms with Crippen molar-refractivity contribution in [2.75, 3.05) is 0 Å². The van der Waals surface area contributed by atoms with Gasteiger partial charge in [-0.3, -0.25) is 0 Å². The van der Waals surface area contributed by atoms with Crippen LogP contribution in [0.2, 0.25) is 0 Å². The van der Waals surface area contributed by atoms with E-state index in [4.69, 9.17) is 0 Å². The first-order valence-electron chi connectivity index (χ1n) is 7.22. The van der Waals surface area contributed by atoms with Gasteiger partial charge in [0.1, 0.15) is 0 Å². The summed E-state index contributed by atoms with van der Waals surface area (Å²) < 4.78 is 11.3. The lowest BCUT2D eigenvalue weighted by Gasteiger charge is -2.16. The number of tetrazole rings is 1. The van der Waals surface area contributed by atoms with Gasteiger partial charge in [0.2, 0.25) is 0 Å². The molecular weight excluding hydrogens is 329 g/mol. The van der Waals surface area contributed by atoms with Gasteiger partial charge in [-0.05, 0) is 23.1 Å². The summed E-state index contributed by atoms with van der Waals surface area (Å²) in [5.41, 5.74) is 3.07. The van der Waals surface area contributed by atoms with Gasteiger partial charge in [0.15, 0.2) is 5.82 Å². The van der Waals surface area contributed by atoms with E-state index < -0.39 is 13.8 Å². The van der Waals surface area contributed by atoms with Crippen molar-refractivity contribution in [3.8, 4) is 11.1 Å². The number of H-pyrrole nitrogens is 1. The van der Waals surface area contributed by atoms with E-state index in [0.717, 1.165) is 16.7 Å². The number of rotatable bonds is 6. The van der Waals surface area contributed by atoms with Gasteiger partial charge in [-0.2, -0.15) is 5.21 Å². The van der Waals surface area contributed by atoms with Crippen molar-refractivity contribution < 1.29 is 14.4 Å². The monoisotopic (exact) mass is 345 g/mol. The zero-order valence-corrected chi connectivity index (χ0v) is 13.5. The fourth-order valence-electron chi connectivity index (χ4n) is 2.41. The fourth-order valence-corrected chi connectivity index (χ4v) is 3.03. The van der Waals surface area contributed by atoms with Crippen LogP contribution in [-0.2, 0) is 11.0 Å². The summed E-state index contributed by atoms with van der Waals surface area (Å²) in [7, 11) is -4.43. The number of hydrogen-bond acceptors (Lipinski definition) is 4. The molecule has 0 amide bonds. The van der Waals surface area contributed by atoms with Crippen molar-refractivity contribution in [3.63, 3.8) is 0 Å². The van der Waals surface area contributed by atoms with Crippen LogP contribution in [0.5, 0.6) is 0 Å². The van der Waals surface area contributed by atoms with E-state index in [1.165, 1.54) is 0 Å². The normalized spacial score (nSPS) is 12.9. The smallest absolute Gasteiger partial charge is 0.313 e. The van der Waals surface area contributed by atoms with Crippen LogP contribution in [-0.4, -0.2) is 30.4 Å². The molecule has 4 N–H and O–H groups in total. The van der Waals surface area contributed by atoms with Crippen LogP contribution < -0.4 is 5.09 Å². The van der Waals surface area contributed by atoms with E-state index in [1.54, 1.807) is 0 Å². The summed E-state index contributed by atoms with van der Waals surface area (Å²) >= 11 is 0. The maximum absolute atomic E-state index is 11.3. The highest BCUT2D eigenvalue weighted by molar-refractivity contribution is 7.49. The molecule has 124 valence electrons. The van der Waals surface area contributed by atoms with E-state index in [9.17, 15) is 14.4 Å². The molecule has 0 fully saturated rings.